The Morgan fingerprint density at radius 2 is 1.70 bits per heavy atom. The Bertz CT molecular complexity index is 1510. The molecule has 0 bridgehead atoms. The first kappa shape index (κ1) is 32.4. The van der Waals surface area contributed by atoms with E-state index in [0.717, 1.165) is 5.56 Å². The maximum atomic E-state index is 13.4. The molecule has 232 valence electrons. The van der Waals surface area contributed by atoms with Gasteiger partial charge in [-0.2, -0.15) is 0 Å². The average molecular weight is 611 g/mol. The number of hydrogen-bond donors (Lipinski definition) is 3. The molecule has 4 rings (SSSR count). The van der Waals surface area contributed by atoms with Crippen molar-refractivity contribution in [2.75, 3.05) is 6.61 Å². The van der Waals surface area contributed by atoms with E-state index in [4.69, 9.17) is 15.2 Å². The molecule has 1 amide bonds. The summed E-state index contributed by atoms with van der Waals surface area (Å²) in [7, 11) is -3.77. The van der Waals surface area contributed by atoms with Crippen molar-refractivity contribution in [3.8, 4) is 5.88 Å². The van der Waals surface area contributed by atoms with E-state index in [-0.39, 0.29) is 28.7 Å². The summed E-state index contributed by atoms with van der Waals surface area (Å²) in [5.74, 6) is -0.545. The van der Waals surface area contributed by atoms with Crippen LogP contribution in [0.15, 0.2) is 65.6 Å². The van der Waals surface area contributed by atoms with Gasteiger partial charge in [0.05, 0.1) is 23.1 Å². The third-order valence-corrected chi connectivity index (χ3v) is 9.39. The fraction of sp³-hybridized carbons (Fsp3) is 0.469. The number of ether oxygens (including phenoxy) is 2. The molecule has 0 radical (unpaired) electrons. The summed E-state index contributed by atoms with van der Waals surface area (Å²) in [6, 6.07) is 16.1. The van der Waals surface area contributed by atoms with Gasteiger partial charge in [-0.25, -0.2) is 18.1 Å². The monoisotopic (exact) mass is 610 g/mol. The molecule has 3 atom stereocenters. The molecule has 1 heterocycles. The zero-order chi connectivity index (χ0) is 31.1. The first-order chi connectivity index (χ1) is 20.5. The normalized spacial score (nSPS) is 19.4. The Kier molecular flexibility index (Phi) is 10.8. The van der Waals surface area contributed by atoms with Crippen molar-refractivity contribution in [2.45, 2.75) is 82.5 Å². The summed E-state index contributed by atoms with van der Waals surface area (Å²) in [5.41, 5.74) is 7.45. The maximum Gasteiger partial charge on any atom is 0.323 e. The number of benzene rings is 2. The zero-order valence-corrected chi connectivity index (χ0v) is 26.0. The Labute approximate surface area is 253 Å². The highest BCUT2D eigenvalue weighted by Gasteiger charge is 2.33. The number of carbonyl (C=O) groups is 2. The van der Waals surface area contributed by atoms with E-state index in [2.05, 4.69) is 15.0 Å². The second-order valence-corrected chi connectivity index (χ2v) is 13.1. The summed E-state index contributed by atoms with van der Waals surface area (Å²) in [6.07, 6.45) is 1.44. The minimum absolute atomic E-state index is 0.0795. The second-order valence-electron chi connectivity index (χ2n) is 11.4. The van der Waals surface area contributed by atoms with Crippen LogP contribution < -0.4 is 20.5 Å². The number of nitrogens with two attached hydrogens (primary N) is 1. The molecule has 1 aromatic heterocycles. The molecule has 1 aliphatic carbocycles. The summed E-state index contributed by atoms with van der Waals surface area (Å²) in [6.45, 7) is 7.81. The summed E-state index contributed by atoms with van der Waals surface area (Å²) >= 11 is 0. The fourth-order valence-electron chi connectivity index (χ4n) is 5.25. The lowest BCUT2D eigenvalue weighted by molar-refractivity contribution is -0.153. The number of hydrogen-bond acceptors (Lipinski definition) is 8. The molecular formula is C32H42N4O6S. The Balaban J connectivity index is 1.37. The third-order valence-electron chi connectivity index (χ3n) is 7.88. The van der Waals surface area contributed by atoms with Gasteiger partial charge >= 0.3 is 5.97 Å². The number of pyridine rings is 1. The highest BCUT2D eigenvalue weighted by molar-refractivity contribution is 7.89. The molecule has 4 N–H and O–H groups in total. The van der Waals surface area contributed by atoms with Crippen molar-refractivity contribution in [3.05, 3.63) is 66.2 Å². The van der Waals surface area contributed by atoms with Gasteiger partial charge in [0, 0.05) is 23.4 Å². The first-order valence-corrected chi connectivity index (χ1v) is 16.3. The minimum Gasteiger partial charge on any atom is -0.478 e. The molecule has 0 spiro atoms. The van der Waals surface area contributed by atoms with Crippen LogP contribution in [0, 0.1) is 11.8 Å². The van der Waals surface area contributed by atoms with Crippen LogP contribution in [-0.2, 0) is 24.3 Å². The summed E-state index contributed by atoms with van der Waals surface area (Å²) in [5, 5.41) is 3.78. The first-order valence-electron chi connectivity index (χ1n) is 14.9. The number of carbonyl (C=O) groups excluding carboxylic acids is 2. The zero-order valence-electron chi connectivity index (χ0n) is 25.2. The predicted molar refractivity (Wildman–Crippen MR) is 165 cm³/mol. The number of fused-ring (bicyclic) bond motifs is 1. The van der Waals surface area contributed by atoms with Gasteiger partial charge in [-0.15, -0.1) is 0 Å². The molecule has 43 heavy (non-hydrogen) atoms. The Morgan fingerprint density at radius 3 is 2.35 bits per heavy atom. The van der Waals surface area contributed by atoms with E-state index in [1.807, 2.05) is 51.1 Å². The van der Waals surface area contributed by atoms with Gasteiger partial charge in [0.25, 0.3) is 0 Å². The van der Waals surface area contributed by atoms with Gasteiger partial charge in [0.1, 0.15) is 12.1 Å². The number of rotatable bonds is 12. The molecule has 1 saturated carbocycles. The van der Waals surface area contributed by atoms with Crippen LogP contribution in [0.25, 0.3) is 10.9 Å². The minimum atomic E-state index is -3.77. The molecule has 1 aliphatic rings. The number of aromatic nitrogens is 1. The van der Waals surface area contributed by atoms with Crippen LogP contribution in [0.4, 0.5) is 0 Å². The topological polar surface area (TPSA) is 150 Å². The number of nitrogens with zero attached hydrogens (tertiary/aromatic N) is 1. The van der Waals surface area contributed by atoms with Gasteiger partial charge < -0.3 is 20.5 Å². The van der Waals surface area contributed by atoms with Crippen molar-refractivity contribution in [1.82, 2.24) is 15.0 Å². The molecule has 1 unspecified atom stereocenters. The Hall–Kier alpha value is -3.54. The quantitative estimate of drug-likeness (QED) is 0.258. The second kappa shape index (κ2) is 14.3. The molecule has 0 saturated heterocycles. The van der Waals surface area contributed by atoms with Crippen LogP contribution in [-0.4, -0.2) is 50.1 Å². The van der Waals surface area contributed by atoms with Gasteiger partial charge in [0.15, 0.2) is 0 Å². The predicted octanol–water partition coefficient (Wildman–Crippen LogP) is 4.24. The van der Waals surface area contributed by atoms with E-state index in [1.54, 1.807) is 31.2 Å². The van der Waals surface area contributed by atoms with E-state index >= 15 is 0 Å². The highest BCUT2D eigenvalue weighted by Crippen LogP contribution is 2.29. The van der Waals surface area contributed by atoms with Gasteiger partial charge in [0.2, 0.25) is 21.8 Å². The van der Waals surface area contributed by atoms with Crippen molar-refractivity contribution in [3.63, 3.8) is 0 Å². The molecule has 3 aromatic rings. The van der Waals surface area contributed by atoms with E-state index in [1.165, 1.54) is 6.07 Å². The standard InChI is InChI=1S/C32H42N4O6S/c1-5-41-28-18-13-24-19-26(16-17-27(24)34-28)43(39,40)36-25-14-11-23(12-15-25)31(37)35-30(22-9-7-6-8-10-22)21(4)42-32(38)29(33)20(2)3/h6-10,13,16-21,23,25,29-30,36H,5,11-12,14-15,33H2,1-4H3,(H,35,37)/t21-,23?,25?,29?,30+/m0/s1. The molecule has 0 aliphatic heterocycles. The fourth-order valence-corrected chi connectivity index (χ4v) is 6.59. The Morgan fingerprint density at radius 1 is 1.00 bits per heavy atom. The number of esters is 1. The van der Waals surface area contributed by atoms with Gasteiger partial charge in [-0.1, -0.05) is 44.2 Å². The molecular weight excluding hydrogens is 568 g/mol. The number of amides is 1. The largest absolute Gasteiger partial charge is 0.478 e. The lowest BCUT2D eigenvalue weighted by Crippen LogP contribution is -2.45. The van der Waals surface area contributed by atoms with E-state index in [9.17, 15) is 18.0 Å². The maximum absolute atomic E-state index is 13.4. The van der Waals surface area contributed by atoms with Crippen LogP contribution in [0.5, 0.6) is 5.88 Å². The van der Waals surface area contributed by atoms with Crippen molar-refractivity contribution < 1.29 is 27.5 Å². The molecule has 11 heteroatoms. The van der Waals surface area contributed by atoms with Crippen LogP contribution in [0.2, 0.25) is 0 Å². The molecule has 10 nitrogen and oxygen atoms in total. The third kappa shape index (κ3) is 8.31. The van der Waals surface area contributed by atoms with Crippen molar-refractivity contribution in [1.29, 1.82) is 0 Å². The van der Waals surface area contributed by atoms with Gasteiger partial charge in [-0.3, -0.25) is 9.59 Å². The van der Waals surface area contributed by atoms with Crippen molar-refractivity contribution >= 4 is 32.8 Å². The van der Waals surface area contributed by atoms with Crippen LogP contribution in [0.3, 0.4) is 0 Å². The summed E-state index contributed by atoms with van der Waals surface area (Å²) in [4.78, 5) is 30.5. The highest BCUT2D eigenvalue weighted by atomic mass is 32.2. The van der Waals surface area contributed by atoms with Crippen LogP contribution in [0.1, 0.15) is 65.0 Å². The molecule has 1 fully saturated rings. The SMILES string of the molecule is CCOc1ccc2cc(S(=O)(=O)NC3CCC(C(=O)N[C@@H](c4ccccc4)[C@H](C)OC(=O)C(N)C(C)C)CC3)ccc2n1. The number of sulfonamides is 1. The summed E-state index contributed by atoms with van der Waals surface area (Å²) < 4.78 is 40.3. The lowest BCUT2D eigenvalue weighted by Gasteiger charge is -2.31. The van der Waals surface area contributed by atoms with E-state index in [0.29, 0.717) is 49.1 Å². The van der Waals surface area contributed by atoms with Crippen molar-refractivity contribution in [2.24, 2.45) is 17.6 Å². The van der Waals surface area contributed by atoms with Crippen LogP contribution >= 0.6 is 0 Å². The molecule has 2 aromatic carbocycles. The lowest BCUT2D eigenvalue weighted by atomic mass is 9.85. The van der Waals surface area contributed by atoms with E-state index < -0.39 is 34.2 Å². The number of nitrogens with one attached hydrogen (secondary N) is 2. The smallest absolute Gasteiger partial charge is 0.323 e. The van der Waals surface area contributed by atoms with Gasteiger partial charge in [-0.05, 0) is 75.3 Å². The average Bonchev–Trinajstić information content (AvgIpc) is 2.99.